The van der Waals surface area contributed by atoms with E-state index in [1.807, 2.05) is 11.8 Å². The number of methoxy groups -OCH3 is 1. The van der Waals surface area contributed by atoms with Gasteiger partial charge in [-0.05, 0) is 38.2 Å². The number of hydrogen-bond donors (Lipinski definition) is 2. The molecule has 30 heavy (non-hydrogen) atoms. The Morgan fingerprint density at radius 2 is 2.17 bits per heavy atom. The van der Waals surface area contributed by atoms with Crippen molar-refractivity contribution in [2.75, 3.05) is 38.2 Å². The van der Waals surface area contributed by atoms with E-state index in [1.54, 1.807) is 4.57 Å². The largest absolute Gasteiger partial charge is 0.492 e. The van der Waals surface area contributed by atoms with Crippen LogP contribution < -0.4 is 26.2 Å². The number of H-pyrrole nitrogens is 1. The molecule has 1 aliphatic carbocycles. The Labute approximate surface area is 173 Å². The van der Waals surface area contributed by atoms with Crippen LogP contribution in [0.3, 0.4) is 0 Å². The Morgan fingerprint density at radius 1 is 1.40 bits per heavy atom. The zero-order valence-corrected chi connectivity index (χ0v) is 17.2. The Kier molecular flexibility index (Phi) is 5.52. The highest BCUT2D eigenvalue weighted by Crippen LogP contribution is 2.43. The Bertz CT molecular complexity index is 1110. The molecule has 1 aromatic heterocycles. The normalized spacial score (nSPS) is 19.8. The lowest BCUT2D eigenvalue weighted by atomic mass is 10.1. The predicted octanol–water partition coefficient (Wildman–Crippen LogP) is 1.90. The van der Waals surface area contributed by atoms with Crippen LogP contribution in [-0.4, -0.2) is 48.9 Å². The monoisotopic (exact) mass is 415 g/mol. The Balaban J connectivity index is 1.71. The van der Waals surface area contributed by atoms with Gasteiger partial charge in [0.25, 0.3) is 5.56 Å². The van der Waals surface area contributed by atoms with Crippen LogP contribution in [0.4, 0.5) is 10.1 Å². The minimum absolute atomic E-state index is 0.00326. The SMILES string of the molecule is [C-]#[N+]CC(C)NCC1CCN(c2c(F)cc3c(=O)[nH]c(=O)n(C4CC4)c3c2OC)C1. The standard InChI is InChI=1S/C21H26FN5O3/c1-12(9-23-2)24-10-13-6-7-26(11-13)18-16(22)8-15-17(19(18)30-3)27(14-4-5-14)21(29)25-20(15)28/h8,12-14,24H,4-7,9-11H2,1,3H3,(H,25,28,29). The number of rotatable bonds is 7. The molecule has 2 heterocycles. The number of nitrogens with zero attached hydrogens (tertiary/aromatic N) is 3. The molecule has 1 aliphatic heterocycles. The summed E-state index contributed by atoms with van der Waals surface area (Å²) in [6.07, 6.45) is 2.57. The summed E-state index contributed by atoms with van der Waals surface area (Å²) in [5, 5.41) is 3.49. The first kappa shape index (κ1) is 20.4. The lowest BCUT2D eigenvalue weighted by molar-refractivity contribution is 0.412. The van der Waals surface area contributed by atoms with E-state index in [2.05, 4.69) is 15.1 Å². The molecule has 1 aromatic carbocycles. The third-order valence-electron chi connectivity index (χ3n) is 5.95. The lowest BCUT2D eigenvalue weighted by Gasteiger charge is -2.24. The summed E-state index contributed by atoms with van der Waals surface area (Å²) in [5.41, 5.74) is -0.408. The highest BCUT2D eigenvalue weighted by molar-refractivity contribution is 5.91. The van der Waals surface area contributed by atoms with Crippen LogP contribution in [0.1, 0.15) is 32.2 Å². The van der Waals surface area contributed by atoms with Gasteiger partial charge in [0, 0.05) is 25.7 Å². The summed E-state index contributed by atoms with van der Waals surface area (Å²) >= 11 is 0. The molecule has 2 unspecified atom stereocenters. The molecule has 2 aromatic rings. The average Bonchev–Trinajstić information content (AvgIpc) is 3.43. The fourth-order valence-corrected chi connectivity index (χ4v) is 4.29. The predicted molar refractivity (Wildman–Crippen MR) is 113 cm³/mol. The summed E-state index contributed by atoms with van der Waals surface area (Å²) in [7, 11) is 1.45. The van der Waals surface area contributed by atoms with Gasteiger partial charge in [0.05, 0.1) is 18.5 Å². The van der Waals surface area contributed by atoms with Gasteiger partial charge >= 0.3 is 5.69 Å². The molecule has 0 radical (unpaired) electrons. The number of aromatic amines is 1. The molecule has 4 rings (SSSR count). The van der Waals surface area contributed by atoms with Crippen LogP contribution in [0.25, 0.3) is 15.7 Å². The van der Waals surface area contributed by atoms with E-state index in [9.17, 15) is 9.59 Å². The van der Waals surface area contributed by atoms with Crippen LogP contribution in [0.5, 0.6) is 5.75 Å². The first-order valence-corrected chi connectivity index (χ1v) is 10.3. The molecule has 0 bridgehead atoms. The number of ether oxygens (including phenoxy) is 1. The van der Waals surface area contributed by atoms with Gasteiger partial charge in [0.15, 0.2) is 11.6 Å². The van der Waals surface area contributed by atoms with Crippen molar-refractivity contribution in [3.63, 3.8) is 0 Å². The molecule has 160 valence electrons. The van der Waals surface area contributed by atoms with Crippen molar-refractivity contribution < 1.29 is 9.13 Å². The number of benzene rings is 1. The van der Waals surface area contributed by atoms with Gasteiger partial charge in [-0.25, -0.2) is 15.8 Å². The van der Waals surface area contributed by atoms with Gasteiger partial charge in [0.2, 0.25) is 6.54 Å². The van der Waals surface area contributed by atoms with Crippen molar-refractivity contribution >= 4 is 16.6 Å². The molecule has 2 N–H and O–H groups in total. The average molecular weight is 415 g/mol. The van der Waals surface area contributed by atoms with Gasteiger partial charge in [-0.3, -0.25) is 14.3 Å². The number of aromatic nitrogens is 2. The van der Waals surface area contributed by atoms with Gasteiger partial charge < -0.3 is 19.8 Å². The second kappa shape index (κ2) is 8.11. The zero-order chi connectivity index (χ0) is 21.4. The third-order valence-corrected chi connectivity index (χ3v) is 5.95. The molecule has 0 amide bonds. The van der Waals surface area contributed by atoms with E-state index in [1.165, 1.54) is 13.2 Å². The highest BCUT2D eigenvalue weighted by atomic mass is 19.1. The summed E-state index contributed by atoms with van der Waals surface area (Å²) in [6.45, 7) is 11.4. The summed E-state index contributed by atoms with van der Waals surface area (Å²) in [6, 6.07) is 1.33. The van der Waals surface area contributed by atoms with E-state index in [4.69, 9.17) is 11.3 Å². The number of nitrogens with one attached hydrogen (secondary N) is 2. The minimum Gasteiger partial charge on any atom is -0.492 e. The Hall–Kier alpha value is -2.86. The van der Waals surface area contributed by atoms with Gasteiger partial charge in [-0.1, -0.05) is 0 Å². The number of anilines is 1. The van der Waals surface area contributed by atoms with Crippen molar-refractivity contribution in [3.05, 3.63) is 44.1 Å². The maximum Gasteiger partial charge on any atom is 0.329 e. The molecule has 0 spiro atoms. The fraction of sp³-hybridized carbons (Fsp3) is 0.571. The number of halogens is 1. The zero-order valence-electron chi connectivity index (χ0n) is 17.2. The van der Waals surface area contributed by atoms with Crippen LogP contribution >= 0.6 is 0 Å². The van der Waals surface area contributed by atoms with Crippen molar-refractivity contribution in [2.24, 2.45) is 5.92 Å². The molecular formula is C21H26FN5O3. The second-order valence-electron chi connectivity index (χ2n) is 8.25. The molecule has 1 saturated carbocycles. The molecular weight excluding hydrogens is 389 g/mol. The molecule has 9 heteroatoms. The van der Waals surface area contributed by atoms with Crippen LogP contribution in [0, 0.1) is 18.3 Å². The fourth-order valence-electron chi connectivity index (χ4n) is 4.29. The third kappa shape index (κ3) is 3.67. The maximum absolute atomic E-state index is 15.2. The van der Waals surface area contributed by atoms with E-state index >= 15 is 4.39 Å². The maximum atomic E-state index is 15.2. The summed E-state index contributed by atoms with van der Waals surface area (Å²) in [4.78, 5) is 32.5. The first-order valence-electron chi connectivity index (χ1n) is 10.3. The smallest absolute Gasteiger partial charge is 0.329 e. The van der Waals surface area contributed by atoms with E-state index in [0.29, 0.717) is 36.8 Å². The molecule has 1 saturated heterocycles. The molecule has 2 atom stereocenters. The lowest BCUT2D eigenvalue weighted by Crippen LogP contribution is -2.34. The van der Waals surface area contributed by atoms with Gasteiger partial charge in [-0.2, -0.15) is 0 Å². The molecule has 2 aliphatic rings. The van der Waals surface area contributed by atoms with Crippen LogP contribution in [0.2, 0.25) is 0 Å². The first-order chi connectivity index (χ1) is 14.4. The van der Waals surface area contributed by atoms with Gasteiger partial charge in [0.1, 0.15) is 11.2 Å². The van der Waals surface area contributed by atoms with Crippen molar-refractivity contribution in [1.29, 1.82) is 0 Å². The topological polar surface area (TPSA) is 83.7 Å². The molecule has 2 fully saturated rings. The van der Waals surface area contributed by atoms with Gasteiger partial charge in [-0.15, -0.1) is 0 Å². The van der Waals surface area contributed by atoms with Crippen molar-refractivity contribution in [2.45, 2.75) is 38.3 Å². The van der Waals surface area contributed by atoms with Crippen LogP contribution in [0.15, 0.2) is 15.7 Å². The molecule has 8 nitrogen and oxygen atoms in total. The number of hydrogen-bond acceptors (Lipinski definition) is 5. The number of fused-ring (bicyclic) bond motifs is 1. The minimum atomic E-state index is -0.604. The quantitative estimate of drug-likeness (QED) is 0.675. The summed E-state index contributed by atoms with van der Waals surface area (Å²) in [5.74, 6) is 0.0266. The summed E-state index contributed by atoms with van der Waals surface area (Å²) < 4.78 is 22.3. The second-order valence-corrected chi connectivity index (χ2v) is 8.25. The van der Waals surface area contributed by atoms with Crippen molar-refractivity contribution in [1.82, 2.24) is 14.9 Å². The van der Waals surface area contributed by atoms with Crippen LogP contribution in [-0.2, 0) is 0 Å². The van der Waals surface area contributed by atoms with Crippen molar-refractivity contribution in [3.8, 4) is 5.75 Å². The Morgan fingerprint density at radius 3 is 2.83 bits per heavy atom. The highest BCUT2D eigenvalue weighted by Gasteiger charge is 2.33. The van der Waals surface area contributed by atoms with E-state index in [-0.39, 0.29) is 23.2 Å². The van der Waals surface area contributed by atoms with E-state index < -0.39 is 17.1 Å². The van der Waals surface area contributed by atoms with E-state index in [0.717, 1.165) is 25.8 Å².